The van der Waals surface area contributed by atoms with E-state index in [4.69, 9.17) is 4.74 Å². The van der Waals surface area contributed by atoms with Gasteiger partial charge in [0.25, 0.3) is 5.91 Å². The number of aromatic nitrogens is 1. The summed E-state index contributed by atoms with van der Waals surface area (Å²) < 4.78 is 20.0. The second kappa shape index (κ2) is 9.50. The van der Waals surface area contributed by atoms with Crippen molar-refractivity contribution in [3.63, 3.8) is 0 Å². The summed E-state index contributed by atoms with van der Waals surface area (Å²) in [4.78, 5) is 20.4. The van der Waals surface area contributed by atoms with E-state index in [2.05, 4.69) is 22.0 Å². The van der Waals surface area contributed by atoms with Crippen LogP contribution in [0.15, 0.2) is 79.1 Å². The fourth-order valence-electron chi connectivity index (χ4n) is 3.74. The molecule has 4 rings (SSSR count). The number of para-hydroxylation sites is 1. The van der Waals surface area contributed by atoms with Crippen LogP contribution in [-0.2, 0) is 0 Å². The Balaban J connectivity index is 1.44. The Morgan fingerprint density at radius 3 is 2.30 bits per heavy atom. The molecule has 30 heavy (non-hydrogen) atoms. The van der Waals surface area contributed by atoms with Crippen LogP contribution in [0.1, 0.15) is 22.0 Å². The van der Waals surface area contributed by atoms with Gasteiger partial charge >= 0.3 is 0 Å². The van der Waals surface area contributed by atoms with Gasteiger partial charge in [-0.1, -0.05) is 48.5 Å². The highest BCUT2D eigenvalue weighted by molar-refractivity contribution is 5.94. The Hall–Kier alpha value is -3.25. The van der Waals surface area contributed by atoms with Crippen LogP contribution in [0.4, 0.5) is 4.39 Å². The summed E-state index contributed by atoms with van der Waals surface area (Å²) in [5, 5.41) is 0. The number of hydrogen-bond donors (Lipinski definition) is 0. The van der Waals surface area contributed by atoms with Crippen molar-refractivity contribution >= 4 is 5.91 Å². The molecule has 0 radical (unpaired) electrons. The molecule has 154 valence electrons. The highest BCUT2D eigenvalue weighted by Gasteiger charge is 2.29. The number of benzene rings is 2. The van der Waals surface area contributed by atoms with Crippen molar-refractivity contribution in [3.8, 4) is 5.75 Å². The average molecular weight is 405 g/mol. The Labute approximate surface area is 175 Å². The minimum atomic E-state index is -0.580. The van der Waals surface area contributed by atoms with Crippen LogP contribution >= 0.6 is 0 Å². The molecule has 1 amide bonds. The molecule has 1 saturated heterocycles. The molecule has 1 atom stereocenters. The fraction of sp³-hybridized carbons (Fsp3) is 0.250. The largest absolute Gasteiger partial charge is 0.492 e. The van der Waals surface area contributed by atoms with E-state index < -0.39 is 5.82 Å². The number of amides is 1. The summed E-state index contributed by atoms with van der Waals surface area (Å²) >= 11 is 0. The van der Waals surface area contributed by atoms with Gasteiger partial charge in [0.2, 0.25) is 0 Å². The van der Waals surface area contributed by atoms with Gasteiger partial charge in [-0.05, 0) is 23.8 Å². The quantitative estimate of drug-likeness (QED) is 0.626. The molecular weight excluding hydrogens is 381 g/mol. The van der Waals surface area contributed by atoms with Crippen LogP contribution in [-0.4, -0.2) is 53.5 Å². The number of pyridine rings is 1. The predicted octanol–water partition coefficient (Wildman–Crippen LogP) is 3.80. The molecule has 1 unspecified atom stereocenters. The van der Waals surface area contributed by atoms with Gasteiger partial charge in [0, 0.05) is 32.4 Å². The van der Waals surface area contributed by atoms with Crippen molar-refractivity contribution in [1.29, 1.82) is 0 Å². The van der Waals surface area contributed by atoms with Gasteiger partial charge in [-0.25, -0.2) is 4.39 Å². The van der Waals surface area contributed by atoms with Gasteiger partial charge < -0.3 is 9.64 Å². The second-order valence-electron chi connectivity index (χ2n) is 7.23. The number of piperazine rings is 1. The lowest BCUT2D eigenvalue weighted by Gasteiger charge is -2.39. The maximum atomic E-state index is 13.9. The van der Waals surface area contributed by atoms with E-state index in [1.54, 1.807) is 4.90 Å². The first-order valence-corrected chi connectivity index (χ1v) is 10.1. The van der Waals surface area contributed by atoms with Crippen LogP contribution in [0.5, 0.6) is 5.75 Å². The van der Waals surface area contributed by atoms with Crippen molar-refractivity contribution in [1.82, 2.24) is 14.8 Å². The summed E-state index contributed by atoms with van der Waals surface area (Å²) in [6.07, 6.45) is 2.52. The van der Waals surface area contributed by atoms with Crippen LogP contribution in [0.2, 0.25) is 0 Å². The number of rotatable bonds is 6. The van der Waals surface area contributed by atoms with Crippen LogP contribution in [0.3, 0.4) is 0 Å². The first-order valence-electron chi connectivity index (χ1n) is 10.1. The normalized spacial score (nSPS) is 15.6. The number of carbonyl (C=O) groups is 1. The summed E-state index contributed by atoms with van der Waals surface area (Å²) in [6, 6.07) is 21.5. The van der Waals surface area contributed by atoms with E-state index in [0.717, 1.165) is 11.9 Å². The highest BCUT2D eigenvalue weighted by atomic mass is 19.1. The van der Waals surface area contributed by atoms with Crippen molar-refractivity contribution < 1.29 is 13.9 Å². The summed E-state index contributed by atoms with van der Waals surface area (Å²) in [6.45, 7) is 2.97. The third-order valence-electron chi connectivity index (χ3n) is 5.38. The van der Waals surface area contributed by atoms with Gasteiger partial charge in [0.1, 0.15) is 12.4 Å². The van der Waals surface area contributed by atoms with Gasteiger partial charge in [-0.15, -0.1) is 0 Å². The Bertz CT molecular complexity index is 960. The summed E-state index contributed by atoms with van der Waals surface area (Å²) in [5.41, 5.74) is 1.25. The number of carbonyl (C=O) groups excluding carboxylic acids is 1. The third kappa shape index (κ3) is 4.66. The maximum absolute atomic E-state index is 13.9. The zero-order valence-corrected chi connectivity index (χ0v) is 16.7. The predicted molar refractivity (Wildman–Crippen MR) is 113 cm³/mol. The smallest absolute Gasteiger partial charge is 0.257 e. The molecule has 3 aromatic rings. The van der Waals surface area contributed by atoms with Crippen molar-refractivity contribution in [2.45, 2.75) is 6.04 Å². The molecule has 1 fully saturated rings. The molecule has 0 spiro atoms. The Morgan fingerprint density at radius 2 is 1.63 bits per heavy atom. The third-order valence-corrected chi connectivity index (χ3v) is 5.38. The van der Waals surface area contributed by atoms with Crippen LogP contribution in [0.25, 0.3) is 0 Å². The molecule has 5 nitrogen and oxygen atoms in total. The lowest BCUT2D eigenvalue weighted by Crippen LogP contribution is -2.50. The first kappa shape index (κ1) is 20.0. The maximum Gasteiger partial charge on any atom is 0.257 e. The van der Waals surface area contributed by atoms with E-state index in [0.29, 0.717) is 32.8 Å². The fourth-order valence-corrected chi connectivity index (χ4v) is 3.74. The average Bonchev–Trinajstić information content (AvgIpc) is 2.81. The van der Waals surface area contributed by atoms with E-state index in [-0.39, 0.29) is 17.5 Å². The molecule has 0 bridgehead atoms. The monoisotopic (exact) mass is 405 g/mol. The molecule has 2 aromatic carbocycles. The zero-order valence-electron chi connectivity index (χ0n) is 16.7. The number of hydrogen-bond acceptors (Lipinski definition) is 4. The van der Waals surface area contributed by atoms with E-state index >= 15 is 0 Å². The first-order chi connectivity index (χ1) is 14.7. The Morgan fingerprint density at radius 1 is 0.967 bits per heavy atom. The van der Waals surface area contributed by atoms with Gasteiger partial charge in [-0.3, -0.25) is 14.7 Å². The summed E-state index contributed by atoms with van der Waals surface area (Å²) in [7, 11) is 0. The van der Waals surface area contributed by atoms with E-state index in [9.17, 15) is 9.18 Å². The molecule has 1 aliphatic rings. The second-order valence-corrected chi connectivity index (χ2v) is 7.23. The lowest BCUT2D eigenvalue weighted by atomic mass is 10.0. The van der Waals surface area contributed by atoms with Crippen molar-refractivity contribution in [3.05, 3.63) is 96.1 Å². The van der Waals surface area contributed by atoms with Gasteiger partial charge in [0.15, 0.2) is 5.82 Å². The number of ether oxygens (including phenoxy) is 1. The Kier molecular flexibility index (Phi) is 6.35. The molecule has 0 N–H and O–H groups in total. The minimum Gasteiger partial charge on any atom is -0.492 e. The zero-order chi connectivity index (χ0) is 20.8. The minimum absolute atomic E-state index is 0.0707. The van der Waals surface area contributed by atoms with Crippen molar-refractivity contribution in [2.24, 2.45) is 0 Å². The SMILES string of the molecule is O=C(c1ccncc1F)N1CCN(C(COc2ccccc2)c2ccccc2)CC1. The molecule has 1 aliphatic heterocycles. The molecule has 0 aliphatic carbocycles. The molecule has 2 heterocycles. The van der Waals surface area contributed by atoms with Gasteiger partial charge in [0.05, 0.1) is 17.8 Å². The molecular formula is C24H24FN3O2. The standard InChI is InChI=1S/C24H24FN3O2/c25-22-17-26-12-11-21(22)24(29)28-15-13-27(14-16-28)23(19-7-3-1-4-8-19)18-30-20-9-5-2-6-10-20/h1-12,17,23H,13-16,18H2. The highest BCUT2D eigenvalue weighted by Crippen LogP contribution is 2.24. The number of halogens is 1. The lowest BCUT2D eigenvalue weighted by molar-refractivity contribution is 0.0495. The van der Waals surface area contributed by atoms with Gasteiger partial charge in [-0.2, -0.15) is 0 Å². The number of nitrogens with zero attached hydrogens (tertiary/aromatic N) is 3. The van der Waals surface area contributed by atoms with E-state index in [1.165, 1.54) is 17.8 Å². The van der Waals surface area contributed by atoms with Crippen molar-refractivity contribution in [2.75, 3.05) is 32.8 Å². The summed E-state index contributed by atoms with van der Waals surface area (Å²) in [5.74, 6) is -0.0323. The molecule has 0 saturated carbocycles. The topological polar surface area (TPSA) is 45.7 Å². The molecule has 6 heteroatoms. The molecule has 1 aromatic heterocycles. The van der Waals surface area contributed by atoms with Crippen LogP contribution < -0.4 is 4.74 Å². The van der Waals surface area contributed by atoms with E-state index in [1.807, 2.05) is 48.5 Å². The van der Waals surface area contributed by atoms with Crippen LogP contribution in [0, 0.1) is 5.82 Å².